The minimum Gasteiger partial charge on any atom is -0.481 e. The lowest BCUT2D eigenvalue weighted by molar-refractivity contribution is -0.140. The van der Waals surface area contributed by atoms with E-state index in [0.29, 0.717) is 6.54 Å². The number of carbonyl (C=O) groups is 3. The lowest BCUT2D eigenvalue weighted by Gasteiger charge is -2.16. The van der Waals surface area contributed by atoms with Crippen molar-refractivity contribution in [3.05, 3.63) is 0 Å². The van der Waals surface area contributed by atoms with Gasteiger partial charge in [-0.25, -0.2) is 9.59 Å². The Morgan fingerprint density at radius 2 is 1.89 bits per heavy atom. The van der Waals surface area contributed by atoms with E-state index in [1.807, 2.05) is 13.2 Å². The maximum Gasteiger partial charge on any atom is 0.326 e. The van der Waals surface area contributed by atoms with Gasteiger partial charge in [0.2, 0.25) is 0 Å². The van der Waals surface area contributed by atoms with Gasteiger partial charge in [0.05, 0.1) is 0 Å². The molecule has 0 rings (SSSR count). The van der Waals surface area contributed by atoms with Crippen molar-refractivity contribution in [1.29, 1.82) is 0 Å². The van der Waals surface area contributed by atoms with Gasteiger partial charge in [-0.3, -0.25) is 4.79 Å². The summed E-state index contributed by atoms with van der Waals surface area (Å²) >= 11 is 1.66. The first-order chi connectivity index (χ1) is 8.86. The van der Waals surface area contributed by atoms with E-state index < -0.39 is 24.0 Å². The number of aliphatic carboxylic acids is 2. The fourth-order valence-electron chi connectivity index (χ4n) is 1.34. The highest BCUT2D eigenvalue weighted by molar-refractivity contribution is 7.98. The smallest absolute Gasteiger partial charge is 0.326 e. The highest BCUT2D eigenvalue weighted by Gasteiger charge is 2.20. The molecule has 0 saturated carbocycles. The van der Waals surface area contributed by atoms with Crippen LogP contribution in [-0.2, 0) is 9.59 Å². The summed E-state index contributed by atoms with van der Waals surface area (Å²) < 4.78 is 0. The van der Waals surface area contributed by atoms with Gasteiger partial charge in [-0.05, 0) is 24.3 Å². The molecule has 0 aromatic heterocycles. The summed E-state index contributed by atoms with van der Waals surface area (Å²) in [6, 6.07) is -1.78. The van der Waals surface area contributed by atoms with E-state index in [0.717, 1.165) is 5.75 Å². The van der Waals surface area contributed by atoms with Crippen LogP contribution in [0.2, 0.25) is 0 Å². The van der Waals surface area contributed by atoms with E-state index >= 15 is 0 Å². The predicted octanol–water partition coefficient (Wildman–Crippen LogP) is 0.603. The summed E-state index contributed by atoms with van der Waals surface area (Å²) in [7, 11) is 0. The van der Waals surface area contributed by atoms with Crippen LogP contribution in [0.15, 0.2) is 0 Å². The number of thioether (sulfide) groups is 1. The molecule has 0 aliphatic rings. The van der Waals surface area contributed by atoms with Crippen molar-refractivity contribution in [2.45, 2.75) is 25.8 Å². The second kappa shape index (κ2) is 9.48. The molecule has 0 aliphatic carbocycles. The van der Waals surface area contributed by atoms with Crippen molar-refractivity contribution >= 4 is 29.7 Å². The normalized spacial score (nSPS) is 13.4. The van der Waals surface area contributed by atoms with Crippen LogP contribution in [0.5, 0.6) is 0 Å². The van der Waals surface area contributed by atoms with Crippen LogP contribution in [0.1, 0.15) is 19.8 Å². The number of amides is 2. The Kier molecular flexibility index (Phi) is 8.77. The van der Waals surface area contributed by atoms with Crippen LogP contribution in [0, 0.1) is 5.92 Å². The van der Waals surface area contributed by atoms with Crippen LogP contribution in [-0.4, -0.2) is 52.8 Å². The van der Waals surface area contributed by atoms with Crippen molar-refractivity contribution in [1.82, 2.24) is 10.6 Å². The fraction of sp³-hybridized carbons (Fsp3) is 0.727. The van der Waals surface area contributed by atoms with Crippen LogP contribution in [0.3, 0.4) is 0 Å². The van der Waals surface area contributed by atoms with E-state index in [1.54, 1.807) is 11.8 Å². The SMILES string of the molecule is CSCC(C)CNC(=O)NC(CCC(=O)O)C(=O)O. The Bertz CT molecular complexity index is 324. The summed E-state index contributed by atoms with van der Waals surface area (Å²) in [4.78, 5) is 32.7. The number of hydrogen-bond acceptors (Lipinski definition) is 4. The lowest BCUT2D eigenvalue weighted by atomic mass is 10.1. The molecule has 0 aromatic rings. The second-order valence-corrected chi connectivity index (χ2v) is 5.15. The number of rotatable bonds is 9. The molecule has 4 N–H and O–H groups in total. The van der Waals surface area contributed by atoms with Crippen LogP contribution in [0.25, 0.3) is 0 Å². The number of urea groups is 1. The van der Waals surface area contributed by atoms with E-state index in [-0.39, 0.29) is 18.8 Å². The molecule has 2 unspecified atom stereocenters. The van der Waals surface area contributed by atoms with Crippen LogP contribution >= 0.6 is 11.8 Å². The molecule has 0 aliphatic heterocycles. The monoisotopic (exact) mass is 292 g/mol. The molecule has 19 heavy (non-hydrogen) atoms. The third kappa shape index (κ3) is 9.18. The van der Waals surface area contributed by atoms with E-state index in [2.05, 4.69) is 10.6 Å². The molecule has 0 saturated heterocycles. The topological polar surface area (TPSA) is 116 Å². The number of carboxylic acid groups (broad SMARTS) is 2. The van der Waals surface area contributed by atoms with Crippen molar-refractivity contribution < 1.29 is 24.6 Å². The van der Waals surface area contributed by atoms with Crippen molar-refractivity contribution in [2.24, 2.45) is 5.92 Å². The quantitative estimate of drug-likeness (QED) is 0.494. The standard InChI is InChI=1S/C11H20N2O5S/c1-7(6-19-2)5-12-11(18)13-8(10(16)17)3-4-9(14)15/h7-8H,3-6H2,1-2H3,(H,14,15)(H,16,17)(H2,12,13,18). The molecule has 110 valence electrons. The zero-order chi connectivity index (χ0) is 14.8. The first kappa shape index (κ1) is 17.6. The van der Waals surface area contributed by atoms with Gasteiger partial charge < -0.3 is 20.8 Å². The predicted molar refractivity (Wildman–Crippen MR) is 72.4 cm³/mol. The molecule has 0 heterocycles. The molecular weight excluding hydrogens is 272 g/mol. The number of hydrogen-bond donors (Lipinski definition) is 4. The van der Waals surface area contributed by atoms with Gasteiger partial charge in [-0.2, -0.15) is 11.8 Å². The van der Waals surface area contributed by atoms with Gasteiger partial charge >= 0.3 is 18.0 Å². The van der Waals surface area contributed by atoms with Crippen LogP contribution in [0.4, 0.5) is 4.79 Å². The Balaban J connectivity index is 4.10. The fourth-order valence-corrected chi connectivity index (χ4v) is 2.03. The number of carbonyl (C=O) groups excluding carboxylic acids is 1. The van der Waals surface area contributed by atoms with Crippen LogP contribution < -0.4 is 10.6 Å². The highest BCUT2D eigenvalue weighted by Crippen LogP contribution is 2.02. The maximum atomic E-state index is 11.5. The third-order valence-corrected chi connectivity index (χ3v) is 3.21. The van der Waals surface area contributed by atoms with E-state index in [1.165, 1.54) is 0 Å². The van der Waals surface area contributed by atoms with Gasteiger partial charge in [0.25, 0.3) is 0 Å². The maximum absolute atomic E-state index is 11.5. The third-order valence-electron chi connectivity index (χ3n) is 2.31. The van der Waals surface area contributed by atoms with E-state index in [9.17, 15) is 14.4 Å². The molecular formula is C11H20N2O5S. The summed E-state index contributed by atoms with van der Waals surface area (Å²) in [6.45, 7) is 2.41. The van der Waals surface area contributed by atoms with Crippen molar-refractivity contribution in [3.8, 4) is 0 Å². The Morgan fingerprint density at radius 1 is 1.26 bits per heavy atom. The van der Waals surface area contributed by atoms with Gasteiger partial charge in [0.1, 0.15) is 6.04 Å². The molecule has 8 heteroatoms. The summed E-state index contributed by atoms with van der Waals surface area (Å²) in [5, 5.41) is 22.2. The van der Waals surface area contributed by atoms with Gasteiger partial charge in [0.15, 0.2) is 0 Å². The van der Waals surface area contributed by atoms with Gasteiger partial charge in [-0.15, -0.1) is 0 Å². The van der Waals surface area contributed by atoms with Gasteiger partial charge in [-0.1, -0.05) is 6.92 Å². The molecule has 2 amide bonds. The van der Waals surface area contributed by atoms with Crippen molar-refractivity contribution in [2.75, 3.05) is 18.6 Å². The minimum absolute atomic E-state index is 0.140. The Morgan fingerprint density at radius 3 is 2.37 bits per heavy atom. The largest absolute Gasteiger partial charge is 0.481 e. The Labute approximate surface area is 116 Å². The first-order valence-electron chi connectivity index (χ1n) is 5.84. The number of nitrogens with one attached hydrogen (secondary N) is 2. The van der Waals surface area contributed by atoms with Crippen molar-refractivity contribution in [3.63, 3.8) is 0 Å². The second-order valence-electron chi connectivity index (χ2n) is 4.24. The summed E-state index contributed by atoms with van der Waals surface area (Å²) in [5.41, 5.74) is 0. The minimum atomic E-state index is -1.24. The van der Waals surface area contributed by atoms with Gasteiger partial charge in [0, 0.05) is 13.0 Å². The highest BCUT2D eigenvalue weighted by atomic mass is 32.2. The first-order valence-corrected chi connectivity index (χ1v) is 7.24. The molecule has 0 radical (unpaired) electrons. The number of carboxylic acids is 2. The summed E-state index contributed by atoms with van der Waals surface area (Å²) in [5.74, 6) is -1.17. The molecule has 0 bridgehead atoms. The molecule has 0 fully saturated rings. The average Bonchev–Trinajstić information content (AvgIpc) is 2.31. The Hall–Kier alpha value is -1.44. The zero-order valence-corrected chi connectivity index (χ0v) is 11.8. The molecule has 0 aromatic carbocycles. The lowest BCUT2D eigenvalue weighted by Crippen LogP contribution is -2.47. The zero-order valence-electron chi connectivity index (χ0n) is 11.0. The molecule has 2 atom stereocenters. The van der Waals surface area contributed by atoms with E-state index in [4.69, 9.17) is 10.2 Å². The summed E-state index contributed by atoms with van der Waals surface area (Å²) in [6.07, 6.45) is 1.52. The molecule has 0 spiro atoms. The molecule has 7 nitrogen and oxygen atoms in total. The average molecular weight is 292 g/mol.